The zero-order valence-corrected chi connectivity index (χ0v) is 11.1. The van der Waals surface area contributed by atoms with E-state index in [0.29, 0.717) is 18.7 Å². The van der Waals surface area contributed by atoms with E-state index < -0.39 is 0 Å². The molecule has 6 heteroatoms. The van der Waals surface area contributed by atoms with Crippen molar-refractivity contribution in [2.45, 2.75) is 26.2 Å². The van der Waals surface area contributed by atoms with Crippen LogP contribution in [0.4, 0.5) is 4.79 Å². The minimum absolute atomic E-state index is 0.189. The smallest absolute Gasteiger partial charge is 0.333 e. The van der Waals surface area contributed by atoms with Crippen LogP contribution in [0.2, 0.25) is 0 Å². The largest absolute Gasteiger partial charge is 0.462 e. The number of ether oxygens (including phenoxy) is 1. The number of nitrogens with zero attached hydrogens (tertiary/aromatic N) is 2. The van der Waals surface area contributed by atoms with Gasteiger partial charge in [0.1, 0.15) is 6.33 Å². The third kappa shape index (κ3) is 5.85. The number of hydrogen-bond acceptors (Lipinski definition) is 4. The average Bonchev–Trinajstić information content (AvgIpc) is 2.90. The van der Waals surface area contributed by atoms with Crippen LogP contribution in [0.1, 0.15) is 26.2 Å². The van der Waals surface area contributed by atoms with Crippen LogP contribution < -0.4 is 5.32 Å². The van der Waals surface area contributed by atoms with Crippen LogP contribution >= 0.6 is 0 Å². The summed E-state index contributed by atoms with van der Waals surface area (Å²) in [6.07, 6.45) is 7.09. The maximum atomic E-state index is 11.5. The highest BCUT2D eigenvalue weighted by molar-refractivity contribution is 5.86. The van der Waals surface area contributed by atoms with E-state index in [0.717, 1.165) is 19.3 Å². The molecule has 1 heterocycles. The predicted molar refractivity (Wildman–Crippen MR) is 70.6 cm³/mol. The molecule has 0 radical (unpaired) electrons. The van der Waals surface area contributed by atoms with Gasteiger partial charge in [-0.05, 0) is 26.2 Å². The summed E-state index contributed by atoms with van der Waals surface area (Å²) < 4.78 is 6.34. The summed E-state index contributed by atoms with van der Waals surface area (Å²) in [6.45, 7) is 6.10. The molecular formula is C13H19N3O3. The Kier molecular flexibility index (Phi) is 6.35. The maximum Gasteiger partial charge on any atom is 0.333 e. The molecule has 0 saturated carbocycles. The predicted octanol–water partition coefficient (Wildman–Crippen LogP) is 1.73. The molecule has 0 bridgehead atoms. The van der Waals surface area contributed by atoms with Crippen LogP contribution in [0.25, 0.3) is 0 Å². The summed E-state index contributed by atoms with van der Waals surface area (Å²) in [5.41, 5.74) is 0.410. The fourth-order valence-corrected chi connectivity index (χ4v) is 1.36. The Morgan fingerprint density at radius 1 is 1.37 bits per heavy atom. The Morgan fingerprint density at radius 3 is 2.79 bits per heavy atom. The molecule has 19 heavy (non-hydrogen) atoms. The quantitative estimate of drug-likeness (QED) is 0.463. The fourth-order valence-electron chi connectivity index (χ4n) is 1.36. The van der Waals surface area contributed by atoms with Crippen molar-refractivity contribution in [3.63, 3.8) is 0 Å². The molecule has 1 N–H and O–H groups in total. The summed E-state index contributed by atoms with van der Waals surface area (Å²) in [5, 5.41) is 2.77. The summed E-state index contributed by atoms with van der Waals surface area (Å²) in [5.74, 6) is -0.353. The molecule has 104 valence electrons. The van der Waals surface area contributed by atoms with Gasteiger partial charge >= 0.3 is 12.0 Å². The number of esters is 1. The Labute approximate surface area is 112 Å². The van der Waals surface area contributed by atoms with Crippen molar-refractivity contribution >= 4 is 12.0 Å². The third-order valence-corrected chi connectivity index (χ3v) is 2.42. The fraction of sp³-hybridized carbons (Fsp3) is 0.462. The number of amides is 1. The summed E-state index contributed by atoms with van der Waals surface area (Å²) in [4.78, 5) is 26.3. The molecule has 0 saturated heterocycles. The first kappa shape index (κ1) is 14.9. The Balaban J connectivity index is 1.98. The van der Waals surface area contributed by atoms with Crippen LogP contribution in [-0.2, 0) is 9.53 Å². The highest BCUT2D eigenvalue weighted by atomic mass is 16.5. The minimum Gasteiger partial charge on any atom is -0.462 e. The van der Waals surface area contributed by atoms with Crippen molar-refractivity contribution in [1.82, 2.24) is 14.9 Å². The normalized spacial score (nSPS) is 9.95. The topological polar surface area (TPSA) is 73.2 Å². The van der Waals surface area contributed by atoms with Crippen LogP contribution in [0.5, 0.6) is 0 Å². The zero-order valence-electron chi connectivity index (χ0n) is 11.1. The summed E-state index contributed by atoms with van der Waals surface area (Å²) in [7, 11) is 0. The number of unbranched alkanes of at least 4 members (excludes halogenated alkanes) is 2. The van der Waals surface area contributed by atoms with E-state index in [-0.39, 0.29) is 12.0 Å². The molecular weight excluding hydrogens is 246 g/mol. The zero-order chi connectivity index (χ0) is 14.1. The standard InChI is InChI=1S/C13H19N3O3/c1-11(2)12(17)19-9-5-3-4-6-15-13(18)16-8-7-14-10-16/h7-8,10H,1,3-6,9H2,2H3,(H,15,18). The first-order valence-electron chi connectivity index (χ1n) is 6.20. The second kappa shape index (κ2) is 8.07. The Morgan fingerprint density at radius 2 is 2.16 bits per heavy atom. The van der Waals surface area contributed by atoms with E-state index in [2.05, 4.69) is 16.9 Å². The van der Waals surface area contributed by atoms with Crippen LogP contribution in [0.15, 0.2) is 30.9 Å². The van der Waals surface area contributed by atoms with Crippen molar-refractivity contribution in [2.75, 3.05) is 13.2 Å². The molecule has 1 rings (SSSR count). The highest BCUT2D eigenvalue weighted by Gasteiger charge is 2.03. The van der Waals surface area contributed by atoms with Gasteiger partial charge in [0.2, 0.25) is 0 Å². The van der Waals surface area contributed by atoms with Gasteiger partial charge in [-0.1, -0.05) is 6.58 Å². The molecule has 0 aliphatic heterocycles. The number of aromatic nitrogens is 2. The molecule has 1 aromatic rings. The van der Waals surface area contributed by atoms with Crippen molar-refractivity contribution in [2.24, 2.45) is 0 Å². The Hall–Kier alpha value is -2.11. The molecule has 1 aromatic heterocycles. The van der Waals surface area contributed by atoms with Crippen LogP contribution in [0, 0.1) is 0 Å². The molecule has 0 spiro atoms. The van der Waals surface area contributed by atoms with Crippen LogP contribution in [-0.4, -0.2) is 34.7 Å². The number of nitrogens with one attached hydrogen (secondary N) is 1. The van der Waals surface area contributed by atoms with E-state index >= 15 is 0 Å². The lowest BCUT2D eigenvalue weighted by Gasteiger charge is -2.06. The monoisotopic (exact) mass is 265 g/mol. The molecule has 0 unspecified atom stereocenters. The van der Waals surface area contributed by atoms with Crippen molar-refractivity contribution < 1.29 is 14.3 Å². The van der Waals surface area contributed by atoms with Crippen molar-refractivity contribution in [1.29, 1.82) is 0 Å². The maximum absolute atomic E-state index is 11.5. The average molecular weight is 265 g/mol. The van der Waals surface area contributed by atoms with Gasteiger partial charge in [0.15, 0.2) is 0 Å². The van der Waals surface area contributed by atoms with Gasteiger partial charge < -0.3 is 10.1 Å². The number of carbonyl (C=O) groups excluding carboxylic acids is 2. The molecule has 0 fully saturated rings. The molecule has 0 atom stereocenters. The number of imidazole rings is 1. The van der Waals surface area contributed by atoms with E-state index in [4.69, 9.17) is 4.74 Å². The van der Waals surface area contributed by atoms with Gasteiger partial charge in [0.05, 0.1) is 6.61 Å². The van der Waals surface area contributed by atoms with Gasteiger partial charge in [-0.2, -0.15) is 0 Å². The molecule has 0 aromatic carbocycles. The lowest BCUT2D eigenvalue weighted by Crippen LogP contribution is -2.28. The van der Waals surface area contributed by atoms with Gasteiger partial charge in [0, 0.05) is 24.5 Å². The van der Waals surface area contributed by atoms with Gasteiger partial charge in [-0.15, -0.1) is 0 Å². The second-order valence-electron chi connectivity index (χ2n) is 4.18. The third-order valence-electron chi connectivity index (χ3n) is 2.42. The van der Waals surface area contributed by atoms with E-state index in [1.165, 1.54) is 10.9 Å². The van der Waals surface area contributed by atoms with Crippen molar-refractivity contribution in [3.05, 3.63) is 30.9 Å². The second-order valence-corrected chi connectivity index (χ2v) is 4.18. The first-order chi connectivity index (χ1) is 9.11. The minimum atomic E-state index is -0.353. The van der Waals surface area contributed by atoms with Crippen molar-refractivity contribution in [3.8, 4) is 0 Å². The van der Waals surface area contributed by atoms with Gasteiger partial charge in [0.25, 0.3) is 0 Å². The summed E-state index contributed by atoms with van der Waals surface area (Å²) in [6, 6.07) is -0.189. The highest BCUT2D eigenvalue weighted by Crippen LogP contribution is 1.98. The van der Waals surface area contributed by atoms with E-state index in [1.54, 1.807) is 19.3 Å². The Bertz CT molecular complexity index is 426. The number of rotatable bonds is 7. The molecule has 0 aliphatic rings. The van der Waals surface area contributed by atoms with E-state index in [1.807, 2.05) is 0 Å². The van der Waals surface area contributed by atoms with E-state index in [9.17, 15) is 9.59 Å². The number of carbonyl (C=O) groups is 2. The van der Waals surface area contributed by atoms with Crippen LogP contribution in [0.3, 0.4) is 0 Å². The SMILES string of the molecule is C=C(C)C(=O)OCCCCCNC(=O)n1ccnc1. The molecule has 6 nitrogen and oxygen atoms in total. The lowest BCUT2D eigenvalue weighted by molar-refractivity contribution is -0.139. The molecule has 0 aliphatic carbocycles. The van der Waals surface area contributed by atoms with Gasteiger partial charge in [-0.3, -0.25) is 4.57 Å². The number of hydrogen-bond donors (Lipinski definition) is 1. The lowest BCUT2D eigenvalue weighted by atomic mass is 10.2. The van der Waals surface area contributed by atoms with Gasteiger partial charge in [-0.25, -0.2) is 14.6 Å². The molecule has 1 amide bonds. The summed E-state index contributed by atoms with van der Waals surface area (Å²) >= 11 is 0. The first-order valence-corrected chi connectivity index (χ1v) is 6.20.